The maximum absolute atomic E-state index is 12.8. The number of benzene rings is 1. The third-order valence-corrected chi connectivity index (χ3v) is 6.11. The van der Waals surface area contributed by atoms with Gasteiger partial charge in [-0.1, -0.05) is 96.1 Å². The molecule has 0 radical (unpaired) electrons. The average Bonchev–Trinajstić information content (AvgIpc) is 2.71. The number of rotatable bonds is 14. The fraction of sp³-hybridized carbons (Fsp3) is 0.615. The summed E-state index contributed by atoms with van der Waals surface area (Å²) in [4.78, 5) is 25.3. The number of aromatic hydroxyl groups is 1. The zero-order valence-corrected chi connectivity index (χ0v) is 18.4. The van der Waals surface area contributed by atoms with Gasteiger partial charge in [-0.3, -0.25) is 9.59 Å². The molecule has 0 atom stereocenters. The second kappa shape index (κ2) is 12.6. The molecule has 1 aromatic rings. The summed E-state index contributed by atoms with van der Waals surface area (Å²) in [5, 5.41) is 10.0. The predicted octanol–water partition coefficient (Wildman–Crippen LogP) is 7.57. The van der Waals surface area contributed by atoms with Gasteiger partial charge in [-0.15, -0.1) is 0 Å². The van der Waals surface area contributed by atoms with Crippen molar-refractivity contribution in [1.82, 2.24) is 0 Å². The van der Waals surface area contributed by atoms with Crippen molar-refractivity contribution in [1.29, 1.82) is 0 Å². The van der Waals surface area contributed by atoms with Crippen LogP contribution in [0.1, 0.15) is 124 Å². The van der Waals surface area contributed by atoms with Gasteiger partial charge in [0, 0.05) is 16.7 Å². The van der Waals surface area contributed by atoms with Crippen LogP contribution in [0, 0.1) is 0 Å². The standard InChI is InChI=1S/C26H38O3/c1-3-4-5-6-7-8-9-10-11-12-13-14-15-17-21-20(2)25(28)22-18-16-19-23(27)24(22)26(21)29/h16,18-19,27H,3-15,17H2,1-2H3. The van der Waals surface area contributed by atoms with Gasteiger partial charge in [-0.2, -0.15) is 0 Å². The molecular weight excluding hydrogens is 360 g/mol. The number of carbonyl (C=O) groups excluding carboxylic acids is 2. The van der Waals surface area contributed by atoms with Gasteiger partial charge in [0.2, 0.25) is 0 Å². The summed E-state index contributed by atoms with van der Waals surface area (Å²) in [6.07, 6.45) is 17.3. The number of Topliss-reactive ketones (excluding diaryl/α,β-unsaturated/α-hetero) is 2. The van der Waals surface area contributed by atoms with Crippen molar-refractivity contribution in [2.24, 2.45) is 0 Å². The van der Waals surface area contributed by atoms with E-state index < -0.39 is 0 Å². The Labute approximate surface area is 176 Å². The van der Waals surface area contributed by atoms with Crippen LogP contribution in [0.3, 0.4) is 0 Å². The number of ketones is 2. The number of unbranched alkanes of at least 4 members (excludes halogenated alkanes) is 12. The average molecular weight is 399 g/mol. The van der Waals surface area contributed by atoms with Gasteiger partial charge in [0.05, 0.1) is 5.56 Å². The molecule has 0 saturated carbocycles. The van der Waals surface area contributed by atoms with Gasteiger partial charge in [-0.05, 0) is 25.8 Å². The largest absolute Gasteiger partial charge is 0.507 e. The minimum Gasteiger partial charge on any atom is -0.507 e. The Balaban J connectivity index is 1.62. The Morgan fingerprint density at radius 3 is 1.79 bits per heavy atom. The molecule has 2 rings (SSSR count). The fourth-order valence-electron chi connectivity index (χ4n) is 4.25. The molecule has 0 spiro atoms. The van der Waals surface area contributed by atoms with Crippen LogP contribution >= 0.6 is 0 Å². The van der Waals surface area contributed by atoms with E-state index in [2.05, 4.69) is 6.92 Å². The Morgan fingerprint density at radius 2 is 1.24 bits per heavy atom. The van der Waals surface area contributed by atoms with Gasteiger partial charge in [-0.25, -0.2) is 0 Å². The molecule has 29 heavy (non-hydrogen) atoms. The smallest absolute Gasteiger partial charge is 0.193 e. The lowest BCUT2D eigenvalue weighted by molar-refractivity contribution is 0.0969. The lowest BCUT2D eigenvalue weighted by Gasteiger charge is -2.19. The summed E-state index contributed by atoms with van der Waals surface area (Å²) >= 11 is 0. The number of carbonyl (C=O) groups is 2. The third kappa shape index (κ3) is 6.83. The molecule has 0 heterocycles. The summed E-state index contributed by atoms with van der Waals surface area (Å²) < 4.78 is 0. The molecule has 0 aromatic heterocycles. The van der Waals surface area contributed by atoms with Crippen molar-refractivity contribution >= 4 is 11.6 Å². The molecule has 0 bridgehead atoms. The number of phenols is 1. The molecule has 0 fully saturated rings. The highest BCUT2D eigenvalue weighted by Crippen LogP contribution is 2.33. The molecular formula is C26H38O3. The highest BCUT2D eigenvalue weighted by Gasteiger charge is 2.31. The monoisotopic (exact) mass is 398 g/mol. The summed E-state index contributed by atoms with van der Waals surface area (Å²) in [7, 11) is 0. The molecule has 0 amide bonds. The van der Waals surface area contributed by atoms with Crippen molar-refractivity contribution in [3.8, 4) is 5.75 Å². The molecule has 1 aromatic carbocycles. The number of phenolic OH excluding ortho intramolecular Hbond substituents is 1. The van der Waals surface area contributed by atoms with E-state index in [9.17, 15) is 14.7 Å². The Kier molecular flexibility index (Phi) is 10.2. The Morgan fingerprint density at radius 1 is 0.724 bits per heavy atom. The van der Waals surface area contributed by atoms with E-state index in [1.807, 2.05) is 0 Å². The molecule has 3 heteroatoms. The van der Waals surface area contributed by atoms with Crippen molar-refractivity contribution in [3.05, 3.63) is 40.5 Å². The molecule has 1 aliphatic carbocycles. The Bertz CT molecular complexity index is 715. The van der Waals surface area contributed by atoms with Crippen molar-refractivity contribution in [2.75, 3.05) is 0 Å². The van der Waals surface area contributed by atoms with Crippen LogP contribution in [0.25, 0.3) is 0 Å². The highest BCUT2D eigenvalue weighted by molar-refractivity contribution is 6.27. The summed E-state index contributed by atoms with van der Waals surface area (Å²) in [5.74, 6) is -0.384. The number of hydrogen-bond acceptors (Lipinski definition) is 3. The second-order valence-electron chi connectivity index (χ2n) is 8.45. The molecule has 1 N–H and O–H groups in total. The Hall–Kier alpha value is -1.90. The van der Waals surface area contributed by atoms with E-state index in [0.717, 1.165) is 12.8 Å². The van der Waals surface area contributed by atoms with Crippen LogP contribution in [0.15, 0.2) is 29.3 Å². The van der Waals surface area contributed by atoms with Gasteiger partial charge < -0.3 is 5.11 Å². The molecule has 0 saturated heterocycles. The van der Waals surface area contributed by atoms with Crippen LogP contribution in [0.2, 0.25) is 0 Å². The van der Waals surface area contributed by atoms with Gasteiger partial charge in [0.15, 0.2) is 11.6 Å². The van der Waals surface area contributed by atoms with E-state index in [1.54, 1.807) is 19.1 Å². The second-order valence-corrected chi connectivity index (χ2v) is 8.45. The third-order valence-electron chi connectivity index (χ3n) is 6.11. The minimum atomic E-state index is -0.172. The van der Waals surface area contributed by atoms with Crippen LogP contribution in [-0.2, 0) is 0 Å². The lowest BCUT2D eigenvalue weighted by atomic mass is 9.82. The van der Waals surface area contributed by atoms with Crippen molar-refractivity contribution in [3.63, 3.8) is 0 Å². The van der Waals surface area contributed by atoms with Crippen LogP contribution in [0.5, 0.6) is 5.75 Å². The van der Waals surface area contributed by atoms with Crippen LogP contribution in [0.4, 0.5) is 0 Å². The van der Waals surface area contributed by atoms with Gasteiger partial charge in [0.1, 0.15) is 5.75 Å². The lowest BCUT2D eigenvalue weighted by Crippen LogP contribution is -2.21. The first-order chi connectivity index (χ1) is 14.1. The van der Waals surface area contributed by atoms with E-state index in [4.69, 9.17) is 0 Å². The van der Waals surface area contributed by atoms with Crippen LogP contribution in [-0.4, -0.2) is 16.7 Å². The first-order valence-electron chi connectivity index (χ1n) is 11.7. The van der Waals surface area contributed by atoms with E-state index in [0.29, 0.717) is 23.1 Å². The molecule has 1 aliphatic rings. The van der Waals surface area contributed by atoms with E-state index >= 15 is 0 Å². The molecule has 0 unspecified atom stereocenters. The zero-order chi connectivity index (χ0) is 21.1. The van der Waals surface area contributed by atoms with Crippen molar-refractivity contribution in [2.45, 2.75) is 104 Å². The van der Waals surface area contributed by atoms with Crippen molar-refractivity contribution < 1.29 is 14.7 Å². The minimum absolute atomic E-state index is 0.0868. The normalized spacial score (nSPS) is 13.9. The van der Waals surface area contributed by atoms with Gasteiger partial charge >= 0.3 is 0 Å². The summed E-state index contributed by atoms with van der Waals surface area (Å²) in [6, 6.07) is 4.72. The molecule has 160 valence electrons. The summed E-state index contributed by atoms with van der Waals surface area (Å²) in [5.41, 5.74) is 1.66. The molecule has 3 nitrogen and oxygen atoms in total. The SMILES string of the molecule is CCCCCCCCCCCCCCCC1=C(C)C(=O)c2cccc(O)c2C1=O. The van der Waals surface area contributed by atoms with Crippen LogP contribution < -0.4 is 0 Å². The van der Waals surface area contributed by atoms with Gasteiger partial charge in [0.25, 0.3) is 0 Å². The first kappa shape index (κ1) is 23.4. The fourth-order valence-corrected chi connectivity index (χ4v) is 4.25. The zero-order valence-electron chi connectivity index (χ0n) is 18.4. The van der Waals surface area contributed by atoms with E-state index in [1.165, 1.54) is 76.7 Å². The topological polar surface area (TPSA) is 54.4 Å². The highest BCUT2D eigenvalue weighted by atomic mass is 16.3. The number of fused-ring (bicyclic) bond motifs is 1. The number of allylic oxidation sites excluding steroid dienone is 2. The molecule has 0 aliphatic heterocycles. The quantitative estimate of drug-likeness (QED) is 0.329. The maximum atomic E-state index is 12.8. The first-order valence-corrected chi connectivity index (χ1v) is 11.7. The van der Waals surface area contributed by atoms with E-state index in [-0.39, 0.29) is 22.9 Å². The maximum Gasteiger partial charge on any atom is 0.193 e. The summed E-state index contributed by atoms with van der Waals surface area (Å²) in [6.45, 7) is 4.00. The number of hydrogen-bond donors (Lipinski definition) is 1. The predicted molar refractivity (Wildman–Crippen MR) is 120 cm³/mol.